The summed E-state index contributed by atoms with van der Waals surface area (Å²) >= 11 is 0. The summed E-state index contributed by atoms with van der Waals surface area (Å²) in [6.45, 7) is 10.4. The number of hydrogen-bond acceptors (Lipinski definition) is 5. The molecule has 0 saturated carbocycles. The zero-order chi connectivity index (χ0) is 16.2. The van der Waals surface area contributed by atoms with E-state index < -0.39 is 0 Å². The number of nitrogens with zero attached hydrogens (tertiary/aromatic N) is 3. The van der Waals surface area contributed by atoms with Crippen molar-refractivity contribution in [2.24, 2.45) is 0 Å². The van der Waals surface area contributed by atoms with Crippen LogP contribution in [0.5, 0.6) is 0 Å². The van der Waals surface area contributed by atoms with Crippen molar-refractivity contribution in [3.8, 4) is 0 Å². The molecule has 0 unspecified atom stereocenters. The minimum absolute atomic E-state index is 0.334. The van der Waals surface area contributed by atoms with Gasteiger partial charge in [0.25, 0.3) is 0 Å². The number of aromatic nitrogens is 2. The molecule has 1 fully saturated rings. The summed E-state index contributed by atoms with van der Waals surface area (Å²) in [7, 11) is 0. The highest BCUT2D eigenvalue weighted by Gasteiger charge is 2.21. The Morgan fingerprint density at radius 1 is 1.13 bits per heavy atom. The Balaban J connectivity index is 1.51. The summed E-state index contributed by atoms with van der Waals surface area (Å²) in [5, 5.41) is 3.44. The maximum absolute atomic E-state index is 5.77. The van der Waals surface area contributed by atoms with Gasteiger partial charge in [-0.1, -0.05) is 12.1 Å². The summed E-state index contributed by atoms with van der Waals surface area (Å²) in [6.07, 6.45) is 1.76. The highest BCUT2D eigenvalue weighted by Crippen LogP contribution is 2.16. The third kappa shape index (κ3) is 4.18. The maximum Gasteiger partial charge on any atom is 0.148 e. The Bertz CT molecular complexity index is 651. The minimum Gasteiger partial charge on any atom is -0.373 e. The summed E-state index contributed by atoms with van der Waals surface area (Å²) < 4.78 is 5.77. The SMILES string of the molecule is Cc1nc2ccccc2nc1NCCCN1C[C@@H](C)O[C@@H](C)C1. The number of ether oxygens (including phenoxy) is 1. The average Bonchev–Trinajstić information content (AvgIpc) is 2.51. The Labute approximate surface area is 138 Å². The van der Waals surface area contributed by atoms with Gasteiger partial charge in [0.15, 0.2) is 0 Å². The number of para-hydroxylation sites is 2. The summed E-state index contributed by atoms with van der Waals surface area (Å²) in [5.41, 5.74) is 2.85. The molecule has 1 aromatic carbocycles. The molecule has 124 valence electrons. The molecule has 0 spiro atoms. The van der Waals surface area contributed by atoms with Gasteiger partial charge in [0, 0.05) is 26.2 Å². The van der Waals surface area contributed by atoms with E-state index in [1.54, 1.807) is 0 Å². The van der Waals surface area contributed by atoms with E-state index >= 15 is 0 Å². The number of benzene rings is 1. The normalized spacial score (nSPS) is 22.4. The monoisotopic (exact) mass is 314 g/mol. The second-order valence-electron chi connectivity index (χ2n) is 6.44. The van der Waals surface area contributed by atoms with Gasteiger partial charge in [0.1, 0.15) is 5.82 Å². The number of fused-ring (bicyclic) bond motifs is 1. The first-order valence-electron chi connectivity index (χ1n) is 8.47. The Morgan fingerprint density at radius 2 is 1.78 bits per heavy atom. The van der Waals surface area contributed by atoms with E-state index in [1.807, 2.05) is 31.2 Å². The van der Waals surface area contributed by atoms with Crippen LogP contribution in [0.2, 0.25) is 0 Å². The standard InChI is InChI=1S/C18H26N4O/c1-13-11-22(12-14(2)23-13)10-6-9-19-18-15(3)20-16-7-4-5-8-17(16)21-18/h4-5,7-8,13-14H,6,9-12H2,1-3H3,(H,19,21)/t13-,14+. The molecular weight excluding hydrogens is 288 g/mol. The lowest BCUT2D eigenvalue weighted by Gasteiger charge is -2.35. The molecule has 0 radical (unpaired) electrons. The van der Waals surface area contributed by atoms with Gasteiger partial charge in [-0.2, -0.15) is 0 Å². The molecule has 0 amide bonds. The molecule has 2 atom stereocenters. The highest BCUT2D eigenvalue weighted by atomic mass is 16.5. The molecule has 1 aliphatic heterocycles. The molecule has 0 aliphatic carbocycles. The van der Waals surface area contributed by atoms with Gasteiger partial charge in [-0.05, 0) is 39.3 Å². The van der Waals surface area contributed by atoms with Crippen LogP contribution in [0.4, 0.5) is 5.82 Å². The summed E-state index contributed by atoms with van der Waals surface area (Å²) in [4.78, 5) is 11.8. The second-order valence-corrected chi connectivity index (χ2v) is 6.44. The molecule has 0 bridgehead atoms. The van der Waals surface area contributed by atoms with E-state index in [9.17, 15) is 0 Å². The fourth-order valence-corrected chi connectivity index (χ4v) is 3.23. The van der Waals surface area contributed by atoms with E-state index in [2.05, 4.69) is 34.0 Å². The number of morpholine rings is 1. The van der Waals surface area contributed by atoms with Crippen LogP contribution in [0.3, 0.4) is 0 Å². The third-order valence-electron chi connectivity index (χ3n) is 4.18. The fourth-order valence-electron chi connectivity index (χ4n) is 3.23. The van der Waals surface area contributed by atoms with Crippen molar-refractivity contribution in [1.82, 2.24) is 14.9 Å². The number of nitrogens with one attached hydrogen (secondary N) is 1. The molecule has 5 nitrogen and oxygen atoms in total. The Kier molecular flexibility index (Phi) is 5.08. The summed E-state index contributed by atoms with van der Waals surface area (Å²) in [5.74, 6) is 0.896. The van der Waals surface area contributed by atoms with Crippen LogP contribution in [0.15, 0.2) is 24.3 Å². The van der Waals surface area contributed by atoms with Crippen molar-refractivity contribution in [2.75, 3.05) is 31.5 Å². The quantitative estimate of drug-likeness (QED) is 0.860. The van der Waals surface area contributed by atoms with E-state index in [0.717, 1.165) is 55.1 Å². The fraction of sp³-hybridized carbons (Fsp3) is 0.556. The smallest absolute Gasteiger partial charge is 0.148 e. The molecule has 2 aromatic rings. The van der Waals surface area contributed by atoms with Crippen LogP contribution in [0.25, 0.3) is 11.0 Å². The lowest BCUT2D eigenvalue weighted by atomic mass is 10.2. The van der Waals surface area contributed by atoms with Crippen molar-refractivity contribution >= 4 is 16.9 Å². The van der Waals surface area contributed by atoms with Crippen molar-refractivity contribution in [3.63, 3.8) is 0 Å². The number of anilines is 1. The summed E-state index contributed by atoms with van der Waals surface area (Å²) in [6, 6.07) is 7.99. The Hall–Kier alpha value is -1.72. The van der Waals surface area contributed by atoms with Gasteiger partial charge in [0.05, 0.1) is 28.9 Å². The first-order chi connectivity index (χ1) is 11.1. The largest absolute Gasteiger partial charge is 0.373 e. The molecule has 3 rings (SSSR count). The van der Waals surface area contributed by atoms with Gasteiger partial charge in [0.2, 0.25) is 0 Å². The third-order valence-corrected chi connectivity index (χ3v) is 4.18. The first kappa shape index (κ1) is 16.1. The molecule has 23 heavy (non-hydrogen) atoms. The lowest BCUT2D eigenvalue weighted by Crippen LogP contribution is -2.45. The van der Waals surface area contributed by atoms with Crippen LogP contribution in [0.1, 0.15) is 26.0 Å². The molecule has 1 aliphatic rings. The molecule has 1 N–H and O–H groups in total. The zero-order valence-electron chi connectivity index (χ0n) is 14.2. The second kappa shape index (κ2) is 7.23. The topological polar surface area (TPSA) is 50.3 Å². The van der Waals surface area contributed by atoms with Crippen LogP contribution in [-0.4, -0.2) is 53.3 Å². The van der Waals surface area contributed by atoms with Crippen LogP contribution < -0.4 is 5.32 Å². The molecular formula is C18H26N4O. The number of hydrogen-bond donors (Lipinski definition) is 1. The predicted octanol–water partition coefficient (Wildman–Crippen LogP) is 2.85. The van der Waals surface area contributed by atoms with E-state index in [1.165, 1.54) is 0 Å². The number of aryl methyl sites for hydroxylation is 1. The van der Waals surface area contributed by atoms with Gasteiger partial charge < -0.3 is 10.1 Å². The molecule has 1 aromatic heterocycles. The zero-order valence-corrected chi connectivity index (χ0v) is 14.2. The van der Waals surface area contributed by atoms with Gasteiger partial charge in [-0.25, -0.2) is 9.97 Å². The maximum atomic E-state index is 5.77. The minimum atomic E-state index is 0.334. The predicted molar refractivity (Wildman–Crippen MR) is 93.8 cm³/mol. The molecule has 2 heterocycles. The van der Waals surface area contributed by atoms with Crippen molar-refractivity contribution in [2.45, 2.75) is 39.4 Å². The lowest BCUT2D eigenvalue weighted by molar-refractivity contribution is -0.0678. The molecule has 1 saturated heterocycles. The van der Waals surface area contributed by atoms with Gasteiger partial charge in [-0.3, -0.25) is 4.90 Å². The van der Waals surface area contributed by atoms with E-state index in [-0.39, 0.29) is 0 Å². The van der Waals surface area contributed by atoms with Crippen LogP contribution in [-0.2, 0) is 4.74 Å². The van der Waals surface area contributed by atoms with Crippen molar-refractivity contribution < 1.29 is 4.74 Å². The number of rotatable bonds is 5. The average molecular weight is 314 g/mol. The van der Waals surface area contributed by atoms with E-state index in [0.29, 0.717) is 12.2 Å². The van der Waals surface area contributed by atoms with E-state index in [4.69, 9.17) is 4.74 Å². The van der Waals surface area contributed by atoms with Gasteiger partial charge >= 0.3 is 0 Å². The van der Waals surface area contributed by atoms with Crippen LogP contribution >= 0.6 is 0 Å². The van der Waals surface area contributed by atoms with Crippen LogP contribution in [0, 0.1) is 6.92 Å². The Morgan fingerprint density at radius 3 is 2.48 bits per heavy atom. The van der Waals surface area contributed by atoms with Gasteiger partial charge in [-0.15, -0.1) is 0 Å². The van der Waals surface area contributed by atoms with Crippen molar-refractivity contribution in [3.05, 3.63) is 30.0 Å². The molecule has 5 heteroatoms. The van der Waals surface area contributed by atoms with Crippen molar-refractivity contribution in [1.29, 1.82) is 0 Å². The highest BCUT2D eigenvalue weighted by molar-refractivity contribution is 5.76. The first-order valence-corrected chi connectivity index (χ1v) is 8.47.